The summed E-state index contributed by atoms with van der Waals surface area (Å²) in [6, 6.07) is 0. The van der Waals surface area contributed by atoms with Crippen molar-refractivity contribution in [3.05, 3.63) is 23.8 Å². The maximum Gasteiger partial charge on any atom is 0.130 e. The lowest BCUT2D eigenvalue weighted by molar-refractivity contribution is -0.117. The van der Waals surface area contributed by atoms with Gasteiger partial charge >= 0.3 is 0 Å². The predicted octanol–water partition coefficient (Wildman–Crippen LogP) is 1.78. The number of nitrogens with zero attached hydrogens (tertiary/aromatic N) is 6. The van der Waals surface area contributed by atoms with Gasteiger partial charge in [-0.15, -0.1) is 10.2 Å². The molecule has 0 fully saturated rings. The van der Waals surface area contributed by atoms with Gasteiger partial charge in [-0.3, -0.25) is 9.36 Å². The summed E-state index contributed by atoms with van der Waals surface area (Å²) in [7, 11) is 0. The van der Waals surface area contributed by atoms with E-state index in [-0.39, 0.29) is 11.6 Å². The lowest BCUT2D eigenvalue weighted by atomic mass is 10.2. The highest BCUT2D eigenvalue weighted by atomic mass is 16.1. The van der Waals surface area contributed by atoms with Gasteiger partial charge in [0.2, 0.25) is 0 Å². The number of carbonyl (C=O) groups excluding carboxylic acids is 2. The standard InChI is InChI=1S/C17H26N6O2/c1-14(24)6-8-16-12-22(20-18-16)10-4-3-5-11-23-13-17(19-21-23)9-7-15(2)25/h12-13H,3-11H2,1-2H3. The molecular formula is C17H26N6O2. The van der Waals surface area contributed by atoms with E-state index < -0.39 is 0 Å². The summed E-state index contributed by atoms with van der Waals surface area (Å²) in [5.41, 5.74) is 1.74. The van der Waals surface area contributed by atoms with Crippen molar-refractivity contribution in [2.75, 3.05) is 0 Å². The zero-order valence-electron chi connectivity index (χ0n) is 15.0. The van der Waals surface area contributed by atoms with Crippen LogP contribution in [-0.4, -0.2) is 41.6 Å². The van der Waals surface area contributed by atoms with Crippen molar-refractivity contribution in [3.63, 3.8) is 0 Å². The van der Waals surface area contributed by atoms with Gasteiger partial charge in [0.25, 0.3) is 0 Å². The minimum absolute atomic E-state index is 0.173. The number of Topliss-reactive ketones (excluding diaryl/α,β-unsaturated/α-hetero) is 2. The van der Waals surface area contributed by atoms with Gasteiger partial charge in [-0.1, -0.05) is 10.4 Å². The number of hydrogen-bond acceptors (Lipinski definition) is 6. The fourth-order valence-electron chi connectivity index (χ4n) is 2.46. The Labute approximate surface area is 147 Å². The first-order chi connectivity index (χ1) is 12.0. The van der Waals surface area contributed by atoms with Crippen LogP contribution in [0.5, 0.6) is 0 Å². The summed E-state index contributed by atoms with van der Waals surface area (Å²) in [5.74, 6) is 0.347. The van der Waals surface area contributed by atoms with Gasteiger partial charge in [0.1, 0.15) is 11.6 Å². The quantitative estimate of drug-likeness (QED) is 0.544. The second-order valence-electron chi connectivity index (χ2n) is 6.41. The average molecular weight is 346 g/mol. The van der Waals surface area contributed by atoms with Crippen molar-refractivity contribution in [2.45, 2.75) is 71.9 Å². The molecule has 0 aliphatic heterocycles. The molecule has 2 rings (SSSR count). The lowest BCUT2D eigenvalue weighted by Crippen LogP contribution is -2.02. The van der Waals surface area contributed by atoms with Gasteiger partial charge in [-0.25, -0.2) is 0 Å². The second-order valence-corrected chi connectivity index (χ2v) is 6.41. The molecule has 2 aromatic heterocycles. The molecule has 136 valence electrons. The van der Waals surface area contributed by atoms with E-state index >= 15 is 0 Å². The minimum atomic E-state index is 0.173. The fraction of sp³-hybridized carbons (Fsp3) is 0.647. The van der Waals surface area contributed by atoms with E-state index in [1.165, 1.54) is 0 Å². The van der Waals surface area contributed by atoms with E-state index in [1.54, 1.807) is 13.8 Å². The van der Waals surface area contributed by atoms with Crippen LogP contribution in [-0.2, 0) is 35.5 Å². The monoisotopic (exact) mass is 346 g/mol. The zero-order chi connectivity index (χ0) is 18.1. The SMILES string of the molecule is CC(=O)CCc1cn(CCCCCn2cc(CCC(C)=O)nn2)nn1. The Hall–Kier alpha value is -2.38. The van der Waals surface area contributed by atoms with E-state index in [9.17, 15) is 9.59 Å². The first kappa shape index (κ1) is 19.0. The van der Waals surface area contributed by atoms with Crippen LogP contribution in [0.4, 0.5) is 0 Å². The number of aromatic nitrogens is 6. The van der Waals surface area contributed by atoms with Crippen LogP contribution in [0.1, 0.15) is 57.3 Å². The topological polar surface area (TPSA) is 95.6 Å². The lowest BCUT2D eigenvalue weighted by Gasteiger charge is -2.01. The van der Waals surface area contributed by atoms with Crippen LogP contribution in [0.15, 0.2) is 12.4 Å². The van der Waals surface area contributed by atoms with Crippen LogP contribution >= 0.6 is 0 Å². The zero-order valence-corrected chi connectivity index (χ0v) is 15.0. The molecule has 8 heteroatoms. The maximum absolute atomic E-state index is 11.0. The van der Waals surface area contributed by atoms with Crippen LogP contribution < -0.4 is 0 Å². The fourth-order valence-corrected chi connectivity index (χ4v) is 2.46. The third-order valence-corrected chi connectivity index (χ3v) is 3.91. The van der Waals surface area contributed by atoms with E-state index in [2.05, 4.69) is 20.6 Å². The second kappa shape index (κ2) is 9.80. The Balaban J connectivity index is 1.60. The molecule has 0 bridgehead atoms. The van der Waals surface area contributed by atoms with Crippen LogP contribution in [0, 0.1) is 0 Å². The normalized spacial score (nSPS) is 11.0. The molecule has 2 heterocycles. The number of rotatable bonds is 12. The molecule has 0 aromatic carbocycles. The van der Waals surface area contributed by atoms with Crippen molar-refractivity contribution in [1.29, 1.82) is 0 Å². The van der Waals surface area contributed by atoms with E-state index in [0.717, 1.165) is 43.7 Å². The van der Waals surface area contributed by atoms with Gasteiger partial charge in [0.15, 0.2) is 0 Å². The molecule has 0 radical (unpaired) electrons. The third kappa shape index (κ3) is 7.36. The molecule has 25 heavy (non-hydrogen) atoms. The number of aryl methyl sites for hydroxylation is 4. The molecule has 0 amide bonds. The number of carbonyl (C=O) groups is 2. The highest BCUT2D eigenvalue weighted by molar-refractivity contribution is 5.75. The van der Waals surface area contributed by atoms with Gasteiger partial charge < -0.3 is 9.59 Å². The Morgan fingerprint density at radius 3 is 1.64 bits per heavy atom. The summed E-state index contributed by atoms with van der Waals surface area (Å²) in [6.07, 6.45) is 9.29. The van der Waals surface area contributed by atoms with Crippen molar-refractivity contribution in [1.82, 2.24) is 30.0 Å². The smallest absolute Gasteiger partial charge is 0.130 e. The molecule has 0 unspecified atom stereocenters. The summed E-state index contributed by atoms with van der Waals surface area (Å²) < 4.78 is 3.68. The summed E-state index contributed by atoms with van der Waals surface area (Å²) in [6.45, 7) is 4.83. The molecular weight excluding hydrogens is 320 g/mol. The van der Waals surface area contributed by atoms with Gasteiger partial charge in [-0.05, 0) is 46.0 Å². The van der Waals surface area contributed by atoms with Crippen LogP contribution in [0.3, 0.4) is 0 Å². The maximum atomic E-state index is 11.0. The molecule has 8 nitrogen and oxygen atoms in total. The summed E-state index contributed by atoms with van der Waals surface area (Å²) in [4.78, 5) is 21.9. The van der Waals surface area contributed by atoms with Gasteiger partial charge in [0, 0.05) is 38.3 Å². The molecule has 0 aliphatic carbocycles. The van der Waals surface area contributed by atoms with E-state index in [4.69, 9.17) is 0 Å². The van der Waals surface area contributed by atoms with Gasteiger partial charge in [-0.2, -0.15) is 0 Å². The molecule has 0 atom stereocenters. The van der Waals surface area contributed by atoms with Crippen LogP contribution in [0.25, 0.3) is 0 Å². The van der Waals surface area contributed by atoms with Crippen molar-refractivity contribution < 1.29 is 9.59 Å². The molecule has 0 N–H and O–H groups in total. The van der Waals surface area contributed by atoms with E-state index in [1.807, 2.05) is 21.8 Å². The highest BCUT2D eigenvalue weighted by Crippen LogP contribution is 2.05. The van der Waals surface area contributed by atoms with E-state index in [0.29, 0.717) is 25.7 Å². The summed E-state index contributed by atoms with van der Waals surface area (Å²) in [5, 5.41) is 16.3. The van der Waals surface area contributed by atoms with Crippen molar-refractivity contribution in [3.8, 4) is 0 Å². The Morgan fingerprint density at radius 2 is 1.24 bits per heavy atom. The molecule has 0 aliphatic rings. The largest absolute Gasteiger partial charge is 0.300 e. The minimum Gasteiger partial charge on any atom is -0.300 e. The first-order valence-electron chi connectivity index (χ1n) is 8.80. The average Bonchev–Trinajstić information content (AvgIpc) is 3.20. The highest BCUT2D eigenvalue weighted by Gasteiger charge is 2.04. The number of unbranched alkanes of at least 4 members (excludes halogenated alkanes) is 2. The molecule has 0 saturated carbocycles. The van der Waals surface area contributed by atoms with Gasteiger partial charge in [0.05, 0.1) is 11.4 Å². The number of ketones is 2. The first-order valence-corrected chi connectivity index (χ1v) is 8.80. The number of hydrogen-bond donors (Lipinski definition) is 0. The third-order valence-electron chi connectivity index (χ3n) is 3.91. The Morgan fingerprint density at radius 1 is 0.800 bits per heavy atom. The van der Waals surface area contributed by atoms with Crippen molar-refractivity contribution >= 4 is 11.6 Å². The van der Waals surface area contributed by atoms with Crippen LogP contribution in [0.2, 0.25) is 0 Å². The van der Waals surface area contributed by atoms with Crippen molar-refractivity contribution in [2.24, 2.45) is 0 Å². The predicted molar refractivity (Wildman–Crippen MR) is 91.9 cm³/mol. The molecule has 0 saturated heterocycles. The summed E-state index contributed by atoms with van der Waals surface area (Å²) >= 11 is 0. The molecule has 2 aromatic rings. The Bertz CT molecular complexity index is 633. The molecule has 0 spiro atoms. The Kier molecular flexibility index (Phi) is 7.43.